The first-order valence-corrected chi connectivity index (χ1v) is 6.67. The van der Waals surface area contributed by atoms with Crippen LogP contribution in [0, 0.1) is 0 Å². The molecule has 1 aromatic carbocycles. The molecule has 0 radical (unpaired) electrons. The summed E-state index contributed by atoms with van der Waals surface area (Å²) in [6, 6.07) is 9.66. The van der Waals surface area contributed by atoms with Crippen molar-refractivity contribution < 1.29 is 4.74 Å². The molecule has 0 spiro atoms. The Balaban J connectivity index is 1.78. The number of aromatic nitrogens is 1. The molecule has 0 fully saturated rings. The Morgan fingerprint density at radius 1 is 1.16 bits per heavy atom. The van der Waals surface area contributed by atoms with E-state index in [0.717, 1.165) is 24.2 Å². The standard InChI is InChI=1S/C15H17ClN2O/c16-15-10-14(4-3-13(15)11-17)19-9-1-2-12-5-7-18-8-6-12/h3-8,10H,1-2,9,11,17H2. The highest BCUT2D eigenvalue weighted by Gasteiger charge is 2.01. The first-order valence-electron chi connectivity index (χ1n) is 6.30. The molecule has 0 atom stereocenters. The Morgan fingerprint density at radius 2 is 1.95 bits per heavy atom. The molecule has 0 amide bonds. The maximum atomic E-state index is 6.07. The normalized spacial score (nSPS) is 10.4. The van der Waals surface area contributed by atoms with Gasteiger partial charge in [-0.15, -0.1) is 0 Å². The number of benzene rings is 1. The number of nitrogens with two attached hydrogens (primary N) is 1. The summed E-state index contributed by atoms with van der Waals surface area (Å²) >= 11 is 6.07. The van der Waals surface area contributed by atoms with E-state index in [-0.39, 0.29) is 0 Å². The van der Waals surface area contributed by atoms with Crippen molar-refractivity contribution in [1.29, 1.82) is 0 Å². The number of ether oxygens (including phenoxy) is 1. The monoisotopic (exact) mass is 276 g/mol. The topological polar surface area (TPSA) is 48.1 Å². The molecule has 0 aliphatic carbocycles. The fourth-order valence-electron chi connectivity index (χ4n) is 1.80. The van der Waals surface area contributed by atoms with Gasteiger partial charge in [-0.05, 0) is 48.2 Å². The molecule has 1 aromatic heterocycles. The molecule has 0 unspecified atom stereocenters. The van der Waals surface area contributed by atoms with Crippen molar-refractivity contribution in [3.8, 4) is 5.75 Å². The molecule has 2 aromatic rings. The third-order valence-electron chi connectivity index (χ3n) is 2.87. The molecule has 4 heteroatoms. The van der Waals surface area contributed by atoms with Crippen molar-refractivity contribution in [2.75, 3.05) is 6.61 Å². The summed E-state index contributed by atoms with van der Waals surface area (Å²) in [6.07, 6.45) is 5.56. The van der Waals surface area contributed by atoms with Crippen molar-refractivity contribution in [3.63, 3.8) is 0 Å². The van der Waals surface area contributed by atoms with Gasteiger partial charge in [0.1, 0.15) is 5.75 Å². The highest BCUT2D eigenvalue weighted by Crippen LogP contribution is 2.22. The van der Waals surface area contributed by atoms with E-state index in [1.165, 1.54) is 5.56 Å². The summed E-state index contributed by atoms with van der Waals surface area (Å²) in [6.45, 7) is 1.11. The second-order valence-corrected chi connectivity index (χ2v) is 4.67. The van der Waals surface area contributed by atoms with Crippen LogP contribution in [0.4, 0.5) is 0 Å². The first kappa shape index (κ1) is 13.8. The summed E-state index contributed by atoms with van der Waals surface area (Å²) < 4.78 is 5.67. The second kappa shape index (κ2) is 7.12. The zero-order valence-electron chi connectivity index (χ0n) is 10.7. The molecule has 0 bridgehead atoms. The lowest BCUT2D eigenvalue weighted by Crippen LogP contribution is -2.01. The van der Waals surface area contributed by atoms with Crippen LogP contribution in [0.5, 0.6) is 5.75 Å². The van der Waals surface area contributed by atoms with Gasteiger partial charge in [-0.25, -0.2) is 0 Å². The summed E-state index contributed by atoms with van der Waals surface area (Å²) in [5, 5.41) is 0.661. The Labute approximate surface area is 118 Å². The van der Waals surface area contributed by atoms with Crippen LogP contribution in [0.2, 0.25) is 5.02 Å². The molecule has 0 saturated heterocycles. The average Bonchev–Trinajstić information content (AvgIpc) is 2.45. The minimum atomic E-state index is 0.446. The Bertz CT molecular complexity index is 517. The predicted octanol–water partition coefficient (Wildman–Crippen LogP) is 3.21. The number of halogens is 1. The van der Waals surface area contributed by atoms with E-state index in [9.17, 15) is 0 Å². The number of rotatable bonds is 6. The van der Waals surface area contributed by atoms with Crippen LogP contribution in [0.25, 0.3) is 0 Å². The number of hydrogen-bond acceptors (Lipinski definition) is 3. The van der Waals surface area contributed by atoms with Gasteiger partial charge in [0.05, 0.1) is 6.61 Å². The minimum Gasteiger partial charge on any atom is -0.494 e. The molecule has 100 valence electrons. The summed E-state index contributed by atoms with van der Waals surface area (Å²) in [4.78, 5) is 3.99. The second-order valence-electron chi connectivity index (χ2n) is 4.26. The summed E-state index contributed by atoms with van der Waals surface area (Å²) in [5.74, 6) is 0.789. The third kappa shape index (κ3) is 4.23. The molecule has 0 saturated carbocycles. The highest BCUT2D eigenvalue weighted by atomic mass is 35.5. The molecule has 2 rings (SSSR count). The molecule has 1 heterocycles. The van der Waals surface area contributed by atoms with Crippen molar-refractivity contribution in [2.24, 2.45) is 5.73 Å². The maximum absolute atomic E-state index is 6.07. The zero-order chi connectivity index (χ0) is 13.5. The van der Waals surface area contributed by atoms with Crippen LogP contribution >= 0.6 is 11.6 Å². The first-order chi connectivity index (χ1) is 9.29. The predicted molar refractivity (Wildman–Crippen MR) is 77.4 cm³/mol. The van der Waals surface area contributed by atoms with E-state index < -0.39 is 0 Å². The van der Waals surface area contributed by atoms with Crippen molar-refractivity contribution in [3.05, 3.63) is 58.9 Å². The highest BCUT2D eigenvalue weighted by molar-refractivity contribution is 6.31. The van der Waals surface area contributed by atoms with Gasteiger partial charge in [0.25, 0.3) is 0 Å². The molecule has 2 N–H and O–H groups in total. The van der Waals surface area contributed by atoms with E-state index >= 15 is 0 Å². The summed E-state index contributed by atoms with van der Waals surface area (Å²) in [7, 11) is 0. The van der Waals surface area contributed by atoms with E-state index in [1.807, 2.05) is 42.7 Å². The van der Waals surface area contributed by atoms with E-state index in [1.54, 1.807) is 0 Å². The molecular formula is C15H17ClN2O. The van der Waals surface area contributed by atoms with Gasteiger partial charge in [-0.1, -0.05) is 17.7 Å². The Morgan fingerprint density at radius 3 is 2.63 bits per heavy atom. The van der Waals surface area contributed by atoms with E-state index in [0.29, 0.717) is 18.2 Å². The zero-order valence-corrected chi connectivity index (χ0v) is 11.4. The fraction of sp³-hybridized carbons (Fsp3) is 0.267. The third-order valence-corrected chi connectivity index (χ3v) is 3.22. The van der Waals surface area contributed by atoms with Crippen LogP contribution in [0.15, 0.2) is 42.7 Å². The lowest BCUT2D eigenvalue weighted by molar-refractivity contribution is 0.311. The van der Waals surface area contributed by atoms with Gasteiger partial charge in [-0.2, -0.15) is 0 Å². The lowest BCUT2D eigenvalue weighted by atomic mass is 10.1. The van der Waals surface area contributed by atoms with Gasteiger partial charge in [0.15, 0.2) is 0 Å². The maximum Gasteiger partial charge on any atom is 0.120 e. The summed E-state index contributed by atoms with van der Waals surface area (Å²) in [5.41, 5.74) is 7.77. The fourth-order valence-corrected chi connectivity index (χ4v) is 2.05. The van der Waals surface area contributed by atoms with Crippen LogP contribution < -0.4 is 10.5 Å². The molecule has 0 aliphatic rings. The van der Waals surface area contributed by atoms with E-state index in [4.69, 9.17) is 22.1 Å². The average molecular weight is 277 g/mol. The van der Waals surface area contributed by atoms with Gasteiger partial charge >= 0.3 is 0 Å². The SMILES string of the molecule is NCc1ccc(OCCCc2ccncc2)cc1Cl. The number of pyridine rings is 1. The van der Waals surface area contributed by atoms with Crippen LogP contribution in [-0.4, -0.2) is 11.6 Å². The van der Waals surface area contributed by atoms with Crippen LogP contribution in [-0.2, 0) is 13.0 Å². The molecular weight excluding hydrogens is 260 g/mol. The van der Waals surface area contributed by atoms with Crippen LogP contribution in [0.1, 0.15) is 17.5 Å². The van der Waals surface area contributed by atoms with E-state index in [2.05, 4.69) is 4.98 Å². The van der Waals surface area contributed by atoms with Gasteiger partial charge < -0.3 is 10.5 Å². The smallest absolute Gasteiger partial charge is 0.120 e. The minimum absolute atomic E-state index is 0.446. The van der Waals surface area contributed by atoms with Gasteiger partial charge in [-0.3, -0.25) is 4.98 Å². The van der Waals surface area contributed by atoms with Gasteiger partial charge in [0.2, 0.25) is 0 Å². The number of aryl methyl sites for hydroxylation is 1. The molecule has 3 nitrogen and oxygen atoms in total. The largest absolute Gasteiger partial charge is 0.494 e. The lowest BCUT2D eigenvalue weighted by Gasteiger charge is -2.08. The van der Waals surface area contributed by atoms with Crippen LogP contribution in [0.3, 0.4) is 0 Å². The van der Waals surface area contributed by atoms with Crippen molar-refractivity contribution in [2.45, 2.75) is 19.4 Å². The Hall–Kier alpha value is -1.58. The number of hydrogen-bond donors (Lipinski definition) is 1. The Kier molecular flexibility index (Phi) is 5.19. The van der Waals surface area contributed by atoms with Gasteiger partial charge in [0, 0.05) is 24.0 Å². The van der Waals surface area contributed by atoms with Crippen molar-refractivity contribution >= 4 is 11.6 Å². The molecule has 19 heavy (non-hydrogen) atoms. The number of nitrogens with zero attached hydrogens (tertiary/aromatic N) is 1. The molecule has 0 aliphatic heterocycles. The van der Waals surface area contributed by atoms with Crippen molar-refractivity contribution in [1.82, 2.24) is 4.98 Å². The quantitative estimate of drug-likeness (QED) is 0.824.